The first-order valence-corrected chi connectivity index (χ1v) is 6.79. The van der Waals surface area contributed by atoms with Crippen LogP contribution in [-0.4, -0.2) is 21.2 Å². The van der Waals surface area contributed by atoms with Crippen LogP contribution in [0.3, 0.4) is 0 Å². The van der Waals surface area contributed by atoms with Crippen LogP contribution in [0, 0.1) is 10.1 Å². The Bertz CT molecular complexity index is 618. The van der Waals surface area contributed by atoms with Gasteiger partial charge in [-0.3, -0.25) is 14.9 Å². The molecule has 1 aromatic heterocycles. The first-order chi connectivity index (χ1) is 9.93. The topological polar surface area (TPSA) is 76.0 Å². The maximum Gasteiger partial charge on any atom is 0.225 e. The van der Waals surface area contributed by atoms with E-state index in [0.29, 0.717) is 11.3 Å². The number of hydrogen-bond donors (Lipinski definition) is 1. The lowest BCUT2D eigenvalue weighted by atomic mass is 9.81. The van der Waals surface area contributed by atoms with E-state index >= 15 is 0 Å². The van der Waals surface area contributed by atoms with Gasteiger partial charge in [0, 0.05) is 42.6 Å². The fourth-order valence-corrected chi connectivity index (χ4v) is 2.36. The van der Waals surface area contributed by atoms with Gasteiger partial charge in [0.25, 0.3) is 0 Å². The van der Waals surface area contributed by atoms with Crippen molar-refractivity contribution in [2.75, 3.05) is 0 Å². The number of nitrogens with zero attached hydrogens (tertiary/aromatic N) is 1. The van der Waals surface area contributed by atoms with Crippen molar-refractivity contribution in [2.45, 2.75) is 31.7 Å². The Labute approximate surface area is 123 Å². The molecule has 0 bridgehead atoms. The van der Waals surface area contributed by atoms with E-state index < -0.39 is 11.5 Å². The smallest absolute Gasteiger partial charge is 0.225 e. The van der Waals surface area contributed by atoms with Gasteiger partial charge < -0.3 is 4.98 Å². The van der Waals surface area contributed by atoms with E-state index in [1.807, 2.05) is 6.07 Å². The molecule has 0 radical (unpaired) electrons. The number of carbonyl (C=O) groups excluding carboxylic acids is 1. The minimum atomic E-state index is -1.23. The van der Waals surface area contributed by atoms with Crippen LogP contribution in [-0.2, 0) is 0 Å². The number of aromatic nitrogens is 1. The summed E-state index contributed by atoms with van der Waals surface area (Å²) in [6.45, 7) is 3.10. The molecule has 0 amide bonds. The second kappa shape index (κ2) is 5.91. The Morgan fingerprint density at radius 3 is 2.43 bits per heavy atom. The fourth-order valence-electron chi connectivity index (χ4n) is 2.36. The van der Waals surface area contributed by atoms with E-state index in [0.717, 1.165) is 0 Å². The summed E-state index contributed by atoms with van der Waals surface area (Å²) in [6.07, 6.45) is 1.81. The maximum atomic E-state index is 12.4. The minimum absolute atomic E-state index is 0.0925. The highest BCUT2D eigenvalue weighted by atomic mass is 16.6. The molecule has 1 aromatic carbocycles. The zero-order chi connectivity index (χ0) is 15.5. The molecule has 0 aliphatic carbocycles. The zero-order valence-electron chi connectivity index (χ0n) is 12.1. The number of H-pyrrole nitrogens is 1. The summed E-state index contributed by atoms with van der Waals surface area (Å²) >= 11 is 0. The standard InChI is InChI=1S/C16H18N2O3/c1-16(2,18(20)21)13(14-9-6-10-17-14)11-15(19)12-7-4-3-5-8-12/h3-10,13,17H,11H2,1-2H3. The summed E-state index contributed by atoms with van der Waals surface area (Å²) < 4.78 is 0. The lowest BCUT2D eigenvalue weighted by molar-refractivity contribution is -0.565. The van der Waals surface area contributed by atoms with Crippen LogP contribution in [0.25, 0.3) is 0 Å². The molecule has 5 heteroatoms. The van der Waals surface area contributed by atoms with Gasteiger partial charge in [-0.15, -0.1) is 0 Å². The lowest BCUT2D eigenvalue weighted by Crippen LogP contribution is -2.39. The second-order valence-electron chi connectivity index (χ2n) is 5.58. The van der Waals surface area contributed by atoms with Crippen LogP contribution in [0.5, 0.6) is 0 Å². The number of Topliss-reactive ketones (excluding diaryl/α,β-unsaturated/α-hetero) is 1. The van der Waals surface area contributed by atoms with Gasteiger partial charge >= 0.3 is 0 Å². The zero-order valence-corrected chi connectivity index (χ0v) is 12.1. The Kier molecular flexibility index (Phi) is 4.21. The molecule has 21 heavy (non-hydrogen) atoms. The second-order valence-corrected chi connectivity index (χ2v) is 5.58. The third-order valence-corrected chi connectivity index (χ3v) is 3.81. The SMILES string of the molecule is CC(C)(C(CC(=O)c1ccccc1)c1ccc[nH]1)[N+](=O)[O-]. The van der Waals surface area contributed by atoms with Crippen molar-refractivity contribution in [1.29, 1.82) is 0 Å². The van der Waals surface area contributed by atoms with Crippen molar-refractivity contribution in [3.05, 3.63) is 70.0 Å². The predicted octanol–water partition coefficient (Wildman–Crippen LogP) is 3.43. The molecule has 110 valence electrons. The van der Waals surface area contributed by atoms with Crippen LogP contribution in [0.15, 0.2) is 48.7 Å². The monoisotopic (exact) mass is 286 g/mol. The number of hydrogen-bond acceptors (Lipinski definition) is 3. The summed E-state index contributed by atoms with van der Waals surface area (Å²) in [6, 6.07) is 12.4. The molecule has 0 saturated heterocycles. The molecule has 1 N–H and O–H groups in total. The molecular formula is C16H18N2O3. The molecule has 0 fully saturated rings. The number of aromatic amines is 1. The Hall–Kier alpha value is -2.43. The molecule has 1 atom stereocenters. The largest absolute Gasteiger partial charge is 0.365 e. The molecular weight excluding hydrogens is 268 g/mol. The van der Waals surface area contributed by atoms with Crippen molar-refractivity contribution in [1.82, 2.24) is 4.98 Å². The van der Waals surface area contributed by atoms with Crippen LogP contribution in [0.2, 0.25) is 0 Å². The van der Waals surface area contributed by atoms with Crippen LogP contribution in [0.1, 0.15) is 42.2 Å². The van der Waals surface area contributed by atoms with Crippen molar-refractivity contribution in [3.8, 4) is 0 Å². The minimum Gasteiger partial charge on any atom is -0.365 e. The third kappa shape index (κ3) is 3.18. The number of rotatable bonds is 6. The van der Waals surface area contributed by atoms with Gasteiger partial charge in [-0.1, -0.05) is 30.3 Å². The van der Waals surface area contributed by atoms with Crippen LogP contribution >= 0.6 is 0 Å². The summed E-state index contributed by atoms with van der Waals surface area (Å²) in [5, 5.41) is 11.4. The summed E-state index contributed by atoms with van der Waals surface area (Å²) in [5.74, 6) is -0.597. The Morgan fingerprint density at radius 1 is 1.24 bits per heavy atom. The maximum absolute atomic E-state index is 12.4. The molecule has 0 aliphatic rings. The Morgan fingerprint density at radius 2 is 1.90 bits per heavy atom. The number of nitrogens with one attached hydrogen (secondary N) is 1. The van der Waals surface area contributed by atoms with E-state index in [9.17, 15) is 14.9 Å². The molecule has 2 aromatic rings. The molecule has 5 nitrogen and oxygen atoms in total. The van der Waals surface area contributed by atoms with Gasteiger partial charge in [0.2, 0.25) is 5.54 Å². The van der Waals surface area contributed by atoms with Gasteiger partial charge in [-0.25, -0.2) is 0 Å². The number of benzene rings is 1. The van der Waals surface area contributed by atoms with E-state index in [2.05, 4.69) is 4.98 Å². The van der Waals surface area contributed by atoms with Crippen molar-refractivity contribution in [3.63, 3.8) is 0 Å². The molecule has 1 unspecified atom stereocenters. The quantitative estimate of drug-likeness (QED) is 0.502. The fraction of sp³-hybridized carbons (Fsp3) is 0.312. The van der Waals surface area contributed by atoms with Crippen LogP contribution < -0.4 is 0 Å². The van der Waals surface area contributed by atoms with Gasteiger partial charge in [0.1, 0.15) is 0 Å². The van der Waals surface area contributed by atoms with Gasteiger partial charge in [-0.2, -0.15) is 0 Å². The Balaban J connectivity index is 2.30. The first kappa shape index (κ1) is 15.0. The normalized spacial score (nSPS) is 12.9. The van der Waals surface area contributed by atoms with Crippen molar-refractivity contribution >= 4 is 5.78 Å². The van der Waals surface area contributed by atoms with Crippen LogP contribution in [0.4, 0.5) is 0 Å². The van der Waals surface area contributed by atoms with Gasteiger partial charge in [-0.05, 0) is 12.1 Å². The van der Waals surface area contributed by atoms with E-state index in [4.69, 9.17) is 0 Å². The number of carbonyl (C=O) groups is 1. The van der Waals surface area contributed by atoms with Gasteiger partial charge in [0.05, 0.1) is 5.92 Å². The van der Waals surface area contributed by atoms with E-state index in [1.165, 1.54) is 0 Å². The average Bonchev–Trinajstić information content (AvgIpc) is 2.98. The predicted molar refractivity (Wildman–Crippen MR) is 80.0 cm³/mol. The van der Waals surface area contributed by atoms with Gasteiger partial charge in [0.15, 0.2) is 5.78 Å². The number of ketones is 1. The molecule has 0 spiro atoms. The first-order valence-electron chi connectivity index (χ1n) is 6.79. The average molecular weight is 286 g/mol. The molecule has 1 heterocycles. The summed E-state index contributed by atoms with van der Waals surface area (Å²) in [4.78, 5) is 26.4. The number of nitro groups is 1. The van der Waals surface area contributed by atoms with E-state index in [1.54, 1.807) is 56.4 Å². The van der Waals surface area contributed by atoms with Crippen molar-refractivity contribution in [2.24, 2.45) is 0 Å². The van der Waals surface area contributed by atoms with Crippen molar-refractivity contribution < 1.29 is 9.72 Å². The summed E-state index contributed by atoms with van der Waals surface area (Å²) in [7, 11) is 0. The van der Waals surface area contributed by atoms with E-state index in [-0.39, 0.29) is 17.1 Å². The third-order valence-electron chi connectivity index (χ3n) is 3.81. The molecule has 0 saturated carbocycles. The lowest BCUT2D eigenvalue weighted by Gasteiger charge is -2.25. The highest BCUT2D eigenvalue weighted by Crippen LogP contribution is 2.33. The summed E-state index contributed by atoms with van der Waals surface area (Å²) in [5.41, 5.74) is 0.0594. The molecule has 2 rings (SSSR count). The molecule has 0 aliphatic heterocycles. The highest BCUT2D eigenvalue weighted by molar-refractivity contribution is 5.96. The highest BCUT2D eigenvalue weighted by Gasteiger charge is 2.43.